The van der Waals surface area contributed by atoms with Gasteiger partial charge in [-0.15, -0.1) is 48.0 Å². The van der Waals surface area contributed by atoms with Gasteiger partial charge in [0.2, 0.25) is 0 Å². The Hall–Kier alpha value is 2.09. The topological polar surface area (TPSA) is 58.9 Å². The van der Waals surface area contributed by atoms with Gasteiger partial charge < -0.3 is 19.7 Å². The van der Waals surface area contributed by atoms with Gasteiger partial charge in [-0.3, -0.25) is 0 Å². The first-order chi connectivity index (χ1) is 5.56. The van der Waals surface area contributed by atoms with Crippen molar-refractivity contribution in [2.45, 2.75) is 19.4 Å². The number of aliphatic hydroxyl groups is 2. The summed E-state index contributed by atoms with van der Waals surface area (Å²) in [4.78, 5) is 0. The number of hydrogen-bond acceptors (Lipinski definition) is 4. The molecular formula is C8H20I2O4Te. The van der Waals surface area contributed by atoms with E-state index in [0.717, 1.165) is 0 Å². The molecule has 0 heterocycles. The molecule has 0 aliphatic carbocycles. The molecule has 7 heteroatoms. The molecule has 0 spiro atoms. The van der Waals surface area contributed by atoms with E-state index in [4.69, 9.17) is 14.6 Å². The second-order valence-electron chi connectivity index (χ2n) is 3.20. The summed E-state index contributed by atoms with van der Waals surface area (Å²) in [5.41, 5.74) is -0.781. The second kappa shape index (κ2) is 16.1. The summed E-state index contributed by atoms with van der Waals surface area (Å²) in [6.45, 7) is 4.94. The normalized spacial score (nSPS) is 9.60. The Labute approximate surface area is 142 Å². The van der Waals surface area contributed by atoms with Gasteiger partial charge in [0.25, 0.3) is 0 Å². The molecule has 2 N–H and O–H groups in total. The van der Waals surface area contributed by atoms with Crippen LogP contribution in [0.15, 0.2) is 0 Å². The van der Waals surface area contributed by atoms with Crippen LogP contribution in [-0.4, -0.2) is 72.5 Å². The van der Waals surface area contributed by atoms with Gasteiger partial charge in [-0.1, -0.05) is 0 Å². The van der Waals surface area contributed by atoms with Gasteiger partial charge in [-0.2, -0.15) is 0 Å². The molecule has 0 bridgehead atoms. The predicted molar refractivity (Wildman–Crippen MR) is 81.6 cm³/mol. The van der Waals surface area contributed by atoms with Crippen molar-refractivity contribution in [3.05, 3.63) is 0 Å². The van der Waals surface area contributed by atoms with Crippen LogP contribution in [0.5, 0.6) is 0 Å². The van der Waals surface area contributed by atoms with Crippen LogP contribution in [0.25, 0.3) is 0 Å². The quantitative estimate of drug-likeness (QED) is 0.272. The van der Waals surface area contributed by atoms with Crippen LogP contribution in [0.3, 0.4) is 0 Å². The summed E-state index contributed by atoms with van der Waals surface area (Å²) in [6.07, 6.45) is 0. The number of ether oxygens (including phenoxy) is 2. The molecule has 0 aromatic carbocycles. The van der Waals surface area contributed by atoms with Gasteiger partial charge in [0.05, 0.1) is 38.6 Å². The molecule has 15 heavy (non-hydrogen) atoms. The number of aliphatic hydroxyl groups excluding tert-OH is 1. The molecule has 96 valence electrons. The van der Waals surface area contributed by atoms with E-state index in [-0.39, 0.29) is 78.2 Å². The number of rotatable bonds is 7. The molecule has 2 radical (unpaired) electrons. The summed E-state index contributed by atoms with van der Waals surface area (Å²) in [5.74, 6) is 0. The van der Waals surface area contributed by atoms with Crippen LogP contribution >= 0.6 is 48.0 Å². The van der Waals surface area contributed by atoms with Crippen LogP contribution in [0.4, 0.5) is 0 Å². The fourth-order valence-corrected chi connectivity index (χ4v) is 0.606. The first-order valence-electron chi connectivity index (χ1n) is 4.05. The molecule has 0 unspecified atom stereocenters. The molecule has 0 aromatic heterocycles. The standard InChI is InChI=1S/C8H18O4.2HI.Te/c1-8(2,10)7-12-6-5-11-4-3-9;;;/h9-10H,3-7H2,1-2H3;2*1H;. The predicted octanol–water partition coefficient (Wildman–Crippen LogP) is 0.638. The fraction of sp³-hybridized carbons (Fsp3) is 1.00. The average molecular weight is 562 g/mol. The zero-order chi connectivity index (χ0) is 9.45. The van der Waals surface area contributed by atoms with E-state index in [1.807, 2.05) is 0 Å². The van der Waals surface area contributed by atoms with Crippen molar-refractivity contribution in [2.75, 3.05) is 33.0 Å². The molecule has 0 aliphatic rings. The van der Waals surface area contributed by atoms with Crippen molar-refractivity contribution >= 4 is 71.6 Å². The van der Waals surface area contributed by atoms with E-state index in [0.29, 0.717) is 26.4 Å². The number of hydrogen-bond donors (Lipinski definition) is 2. The van der Waals surface area contributed by atoms with Crippen molar-refractivity contribution in [3.8, 4) is 0 Å². The van der Waals surface area contributed by atoms with Crippen LogP contribution in [0, 0.1) is 0 Å². The minimum atomic E-state index is -0.781. The zero-order valence-electron chi connectivity index (χ0n) is 8.97. The third-order valence-corrected chi connectivity index (χ3v) is 1.06. The Morgan fingerprint density at radius 3 is 1.87 bits per heavy atom. The van der Waals surface area contributed by atoms with Crippen LogP contribution < -0.4 is 0 Å². The number of halogens is 2. The van der Waals surface area contributed by atoms with Crippen molar-refractivity contribution < 1.29 is 19.7 Å². The largest absolute Gasteiger partial charge is 0.394 e. The Morgan fingerprint density at radius 2 is 1.47 bits per heavy atom. The van der Waals surface area contributed by atoms with Gasteiger partial charge in [-0.05, 0) is 13.8 Å². The van der Waals surface area contributed by atoms with E-state index in [1.165, 1.54) is 0 Å². The Kier molecular flexibility index (Phi) is 27.7. The third kappa shape index (κ3) is 26.0. The van der Waals surface area contributed by atoms with Gasteiger partial charge in [0.1, 0.15) is 0 Å². The van der Waals surface area contributed by atoms with Crippen LogP contribution in [-0.2, 0) is 9.47 Å². The molecule has 0 saturated heterocycles. The minimum Gasteiger partial charge on any atom is -0.394 e. The van der Waals surface area contributed by atoms with E-state index in [9.17, 15) is 5.11 Å². The van der Waals surface area contributed by atoms with Crippen LogP contribution in [0.1, 0.15) is 13.8 Å². The maximum atomic E-state index is 9.21. The van der Waals surface area contributed by atoms with E-state index in [2.05, 4.69) is 0 Å². The Morgan fingerprint density at radius 1 is 1.00 bits per heavy atom. The van der Waals surface area contributed by atoms with Gasteiger partial charge >= 0.3 is 0 Å². The summed E-state index contributed by atoms with van der Waals surface area (Å²) >= 11 is 0. The van der Waals surface area contributed by atoms with Crippen molar-refractivity contribution in [3.63, 3.8) is 0 Å². The molecule has 0 atom stereocenters. The van der Waals surface area contributed by atoms with Crippen molar-refractivity contribution in [2.24, 2.45) is 0 Å². The van der Waals surface area contributed by atoms with Gasteiger partial charge in [-0.25, -0.2) is 0 Å². The van der Waals surface area contributed by atoms with Crippen molar-refractivity contribution in [1.29, 1.82) is 0 Å². The Bertz CT molecular complexity index is 111. The molecular weight excluding hydrogens is 541 g/mol. The van der Waals surface area contributed by atoms with Gasteiger partial charge in [0.15, 0.2) is 0 Å². The molecule has 4 nitrogen and oxygen atoms in total. The smallest absolute Gasteiger partial charge is 0.0824 e. The summed E-state index contributed by atoms with van der Waals surface area (Å²) < 4.78 is 10.0. The molecule has 0 amide bonds. The first kappa shape index (κ1) is 25.8. The fourth-order valence-electron chi connectivity index (χ4n) is 0.606. The molecule has 0 fully saturated rings. The molecule has 0 aliphatic heterocycles. The molecule has 0 aromatic rings. The summed E-state index contributed by atoms with van der Waals surface area (Å²) in [6, 6.07) is 0. The average Bonchev–Trinajstić information content (AvgIpc) is 1.94. The second-order valence-corrected chi connectivity index (χ2v) is 3.20. The monoisotopic (exact) mass is 564 g/mol. The molecule has 0 rings (SSSR count). The zero-order valence-corrected chi connectivity index (χ0v) is 16.0. The van der Waals surface area contributed by atoms with Crippen molar-refractivity contribution in [1.82, 2.24) is 0 Å². The van der Waals surface area contributed by atoms with E-state index in [1.54, 1.807) is 13.8 Å². The van der Waals surface area contributed by atoms with E-state index < -0.39 is 5.60 Å². The maximum absolute atomic E-state index is 9.21. The van der Waals surface area contributed by atoms with Gasteiger partial charge in [0, 0.05) is 23.7 Å². The Balaban J connectivity index is -0.000000202. The first-order valence-corrected chi connectivity index (χ1v) is 4.05. The summed E-state index contributed by atoms with van der Waals surface area (Å²) in [5, 5.41) is 17.6. The van der Waals surface area contributed by atoms with E-state index >= 15 is 0 Å². The SMILES string of the molecule is CC(C)(O)COCCOCCO.I.I.[Te]. The minimum absolute atomic E-state index is 0. The van der Waals surface area contributed by atoms with Crippen LogP contribution in [0.2, 0.25) is 0 Å². The maximum Gasteiger partial charge on any atom is 0.0824 e. The third-order valence-electron chi connectivity index (χ3n) is 1.06. The summed E-state index contributed by atoms with van der Waals surface area (Å²) in [7, 11) is 0. The molecule has 0 saturated carbocycles.